The van der Waals surface area contributed by atoms with Crippen molar-refractivity contribution in [3.05, 3.63) is 0 Å². The highest BCUT2D eigenvalue weighted by Gasteiger charge is 2.51. The van der Waals surface area contributed by atoms with Gasteiger partial charge in [-0.2, -0.15) is 0 Å². The fourth-order valence-corrected chi connectivity index (χ4v) is 1.85. The summed E-state index contributed by atoms with van der Waals surface area (Å²) in [6.45, 7) is 5.81. The quantitative estimate of drug-likeness (QED) is 0.511. The number of methoxy groups -OCH3 is 1. The summed E-state index contributed by atoms with van der Waals surface area (Å²) in [6.07, 6.45) is -1.28. The summed E-state index contributed by atoms with van der Waals surface area (Å²) >= 11 is 1.19. The molecule has 0 N–H and O–H groups in total. The monoisotopic (exact) mass is 218 g/mol. The first kappa shape index (κ1) is 11.5. The van der Waals surface area contributed by atoms with E-state index < -0.39 is 18.2 Å². The first-order valence-corrected chi connectivity index (χ1v) is 5.13. The third-order valence-electron chi connectivity index (χ3n) is 1.56. The normalized spacial score (nSPS) is 25.7. The average molecular weight is 218 g/mol. The molecule has 1 aliphatic heterocycles. The van der Waals surface area contributed by atoms with Crippen molar-refractivity contribution in [2.24, 2.45) is 0 Å². The minimum Gasteiger partial charge on any atom is -0.467 e. The van der Waals surface area contributed by atoms with Crippen LogP contribution in [0.4, 0.5) is 0 Å². The Morgan fingerprint density at radius 2 is 1.86 bits per heavy atom. The molecule has 1 rings (SSSR count). The molecule has 1 saturated heterocycles. The molecule has 1 heterocycles. The molecule has 0 radical (unpaired) electrons. The van der Waals surface area contributed by atoms with E-state index in [-0.39, 0.29) is 9.86 Å². The number of carbonyl (C=O) groups is 2. The van der Waals surface area contributed by atoms with Gasteiger partial charge in [0.2, 0.25) is 5.12 Å². The number of ether oxygens (including phenoxy) is 2. The van der Waals surface area contributed by atoms with Crippen LogP contribution in [0.25, 0.3) is 0 Å². The molecule has 0 aliphatic carbocycles. The Morgan fingerprint density at radius 3 is 2.29 bits per heavy atom. The minimum atomic E-state index is -0.678. The molecular formula is C9H14O4S. The van der Waals surface area contributed by atoms with Gasteiger partial charge in [0.1, 0.15) is 0 Å². The Labute approximate surface area is 87.3 Å². The van der Waals surface area contributed by atoms with Gasteiger partial charge in [-0.1, -0.05) is 32.5 Å². The van der Waals surface area contributed by atoms with Crippen LogP contribution in [0.2, 0.25) is 0 Å². The maximum atomic E-state index is 11.5. The summed E-state index contributed by atoms with van der Waals surface area (Å²) < 4.78 is 9.24. The molecule has 1 aliphatic rings. The average Bonchev–Trinajstić information content (AvgIpc) is 2.78. The van der Waals surface area contributed by atoms with E-state index in [0.29, 0.717) is 0 Å². The Bertz CT molecular complexity index is 256. The summed E-state index contributed by atoms with van der Waals surface area (Å²) in [5.41, 5.74) is 0. The van der Waals surface area contributed by atoms with Crippen LogP contribution in [0, 0.1) is 0 Å². The van der Waals surface area contributed by atoms with E-state index in [1.54, 1.807) is 0 Å². The zero-order chi connectivity index (χ0) is 10.9. The minimum absolute atomic E-state index is 0.104. The van der Waals surface area contributed by atoms with Crippen LogP contribution in [-0.2, 0) is 19.1 Å². The molecule has 2 atom stereocenters. The van der Waals surface area contributed by atoms with Gasteiger partial charge in [0, 0.05) is 4.75 Å². The van der Waals surface area contributed by atoms with Crippen LogP contribution in [0.1, 0.15) is 20.8 Å². The SMILES string of the molecule is COC(=O)[C@H]1O[C@H]1C(=O)SC(C)(C)C. The number of hydrogen-bond donors (Lipinski definition) is 0. The lowest BCUT2D eigenvalue weighted by Gasteiger charge is -2.14. The summed E-state index contributed by atoms with van der Waals surface area (Å²) in [4.78, 5) is 22.4. The predicted octanol–water partition coefficient (Wildman–Crippen LogP) is 0.985. The van der Waals surface area contributed by atoms with E-state index in [9.17, 15) is 9.59 Å². The molecule has 4 nitrogen and oxygen atoms in total. The number of thioether (sulfide) groups is 1. The fourth-order valence-electron chi connectivity index (χ4n) is 0.947. The van der Waals surface area contributed by atoms with Gasteiger partial charge >= 0.3 is 5.97 Å². The van der Waals surface area contributed by atoms with E-state index in [1.165, 1.54) is 18.9 Å². The van der Waals surface area contributed by atoms with Crippen LogP contribution < -0.4 is 0 Å². The molecular weight excluding hydrogens is 204 g/mol. The molecule has 0 unspecified atom stereocenters. The van der Waals surface area contributed by atoms with E-state index in [0.717, 1.165) is 0 Å². The molecule has 0 spiro atoms. The molecule has 0 bridgehead atoms. The molecule has 80 valence electrons. The zero-order valence-electron chi connectivity index (χ0n) is 8.70. The number of epoxide rings is 1. The zero-order valence-corrected chi connectivity index (χ0v) is 9.51. The van der Waals surface area contributed by atoms with Gasteiger partial charge in [0.05, 0.1) is 7.11 Å². The van der Waals surface area contributed by atoms with Gasteiger partial charge in [-0.15, -0.1) is 0 Å². The third-order valence-corrected chi connectivity index (χ3v) is 2.61. The predicted molar refractivity (Wildman–Crippen MR) is 53.0 cm³/mol. The highest BCUT2D eigenvalue weighted by molar-refractivity contribution is 8.14. The van der Waals surface area contributed by atoms with Gasteiger partial charge in [0.25, 0.3) is 0 Å². The van der Waals surface area contributed by atoms with E-state index >= 15 is 0 Å². The molecule has 0 aromatic rings. The van der Waals surface area contributed by atoms with Crippen molar-refractivity contribution in [1.29, 1.82) is 0 Å². The van der Waals surface area contributed by atoms with E-state index in [1.807, 2.05) is 20.8 Å². The van der Waals surface area contributed by atoms with Gasteiger partial charge in [-0.05, 0) is 0 Å². The number of carbonyl (C=O) groups excluding carboxylic acids is 2. The lowest BCUT2D eigenvalue weighted by Crippen LogP contribution is -2.19. The van der Waals surface area contributed by atoms with Crippen LogP contribution in [-0.4, -0.2) is 35.1 Å². The summed E-state index contributed by atoms with van der Waals surface area (Å²) in [6, 6.07) is 0. The maximum Gasteiger partial charge on any atom is 0.338 e. The van der Waals surface area contributed by atoms with Crippen molar-refractivity contribution < 1.29 is 19.1 Å². The van der Waals surface area contributed by atoms with Crippen molar-refractivity contribution in [2.75, 3.05) is 7.11 Å². The molecule has 0 aromatic carbocycles. The number of hydrogen-bond acceptors (Lipinski definition) is 5. The maximum absolute atomic E-state index is 11.5. The van der Waals surface area contributed by atoms with E-state index in [4.69, 9.17) is 4.74 Å². The standard InChI is InChI=1S/C9H14O4S/c1-9(2,3)14-8(11)6-5(13-6)7(10)12-4/h5-6H,1-4H3/t5-,6+/m0/s1. The van der Waals surface area contributed by atoms with Crippen LogP contribution in [0.3, 0.4) is 0 Å². The Morgan fingerprint density at radius 1 is 1.29 bits per heavy atom. The topological polar surface area (TPSA) is 55.9 Å². The van der Waals surface area contributed by atoms with Gasteiger partial charge < -0.3 is 9.47 Å². The van der Waals surface area contributed by atoms with Crippen molar-refractivity contribution in [1.82, 2.24) is 0 Å². The second-order valence-electron chi connectivity index (χ2n) is 4.03. The number of esters is 1. The molecule has 5 heteroatoms. The van der Waals surface area contributed by atoms with E-state index in [2.05, 4.69) is 4.74 Å². The Hall–Kier alpha value is -0.550. The molecule has 0 saturated carbocycles. The van der Waals surface area contributed by atoms with Crippen LogP contribution in [0.15, 0.2) is 0 Å². The fraction of sp³-hybridized carbons (Fsp3) is 0.778. The van der Waals surface area contributed by atoms with Crippen molar-refractivity contribution in [2.45, 2.75) is 37.7 Å². The summed E-state index contributed by atoms with van der Waals surface area (Å²) in [5.74, 6) is -0.474. The van der Waals surface area contributed by atoms with Crippen molar-refractivity contribution in [3.63, 3.8) is 0 Å². The smallest absolute Gasteiger partial charge is 0.338 e. The van der Waals surface area contributed by atoms with Crippen molar-refractivity contribution in [3.8, 4) is 0 Å². The lowest BCUT2D eigenvalue weighted by molar-refractivity contribution is -0.142. The molecule has 0 aromatic heterocycles. The molecule has 1 fully saturated rings. The first-order chi connectivity index (χ1) is 6.35. The summed E-state index contributed by atoms with van der Waals surface area (Å²) in [5, 5.41) is -0.104. The number of rotatable bonds is 2. The first-order valence-electron chi connectivity index (χ1n) is 4.31. The highest BCUT2D eigenvalue weighted by atomic mass is 32.2. The largest absolute Gasteiger partial charge is 0.467 e. The highest BCUT2D eigenvalue weighted by Crippen LogP contribution is 2.33. The van der Waals surface area contributed by atoms with Gasteiger partial charge in [-0.3, -0.25) is 4.79 Å². The third kappa shape index (κ3) is 2.99. The van der Waals surface area contributed by atoms with Gasteiger partial charge in [0.15, 0.2) is 12.2 Å². The van der Waals surface area contributed by atoms with Crippen LogP contribution in [0.5, 0.6) is 0 Å². The second-order valence-corrected chi connectivity index (χ2v) is 5.87. The van der Waals surface area contributed by atoms with Crippen molar-refractivity contribution >= 4 is 22.8 Å². The Balaban J connectivity index is 2.40. The second kappa shape index (κ2) is 3.90. The van der Waals surface area contributed by atoms with Gasteiger partial charge in [-0.25, -0.2) is 4.79 Å². The van der Waals surface area contributed by atoms with Crippen LogP contribution >= 0.6 is 11.8 Å². The lowest BCUT2D eigenvalue weighted by atomic mass is 10.3. The summed E-state index contributed by atoms with van der Waals surface area (Å²) in [7, 11) is 1.28. The Kier molecular flexibility index (Phi) is 3.21. The molecule has 0 amide bonds. The molecule has 14 heavy (non-hydrogen) atoms.